The van der Waals surface area contributed by atoms with Crippen molar-refractivity contribution in [3.63, 3.8) is 0 Å². The van der Waals surface area contributed by atoms with Gasteiger partial charge in [-0.25, -0.2) is 4.98 Å². The van der Waals surface area contributed by atoms with Crippen molar-refractivity contribution in [1.29, 1.82) is 0 Å². The lowest BCUT2D eigenvalue weighted by Gasteiger charge is -2.33. The predicted molar refractivity (Wildman–Crippen MR) is 143 cm³/mol. The molecule has 6 nitrogen and oxygen atoms in total. The number of halogens is 3. The van der Waals surface area contributed by atoms with Crippen LogP contribution in [0.4, 0.5) is 13.2 Å². The van der Waals surface area contributed by atoms with Crippen molar-refractivity contribution in [3.05, 3.63) is 106 Å². The average molecular weight is 532 g/mol. The number of piperazine rings is 1. The highest BCUT2D eigenvalue weighted by Crippen LogP contribution is 2.34. The summed E-state index contributed by atoms with van der Waals surface area (Å²) in [7, 11) is 2.01. The lowest BCUT2D eigenvalue weighted by Crippen LogP contribution is -2.44. The number of carbonyl (C=O) groups is 1. The van der Waals surface area contributed by atoms with Crippen LogP contribution in [-0.4, -0.2) is 58.3 Å². The molecule has 0 saturated carbocycles. The average Bonchev–Trinajstić information content (AvgIpc) is 3.32. The van der Waals surface area contributed by atoms with Crippen LogP contribution in [0, 0.1) is 11.8 Å². The lowest BCUT2D eigenvalue weighted by molar-refractivity contribution is -0.138. The van der Waals surface area contributed by atoms with Crippen LogP contribution >= 0.6 is 0 Å². The molecular weight excluding hydrogens is 503 g/mol. The van der Waals surface area contributed by atoms with E-state index in [4.69, 9.17) is 5.73 Å². The van der Waals surface area contributed by atoms with Crippen molar-refractivity contribution in [2.24, 2.45) is 5.73 Å². The van der Waals surface area contributed by atoms with E-state index in [0.717, 1.165) is 31.8 Å². The number of benzene rings is 2. The van der Waals surface area contributed by atoms with E-state index in [-0.39, 0.29) is 24.1 Å². The summed E-state index contributed by atoms with van der Waals surface area (Å²) < 4.78 is 44.1. The molecule has 0 atom stereocenters. The second-order valence-corrected chi connectivity index (χ2v) is 9.80. The number of fused-ring (bicyclic) bond motifs is 1. The molecule has 0 aliphatic carbocycles. The fourth-order valence-corrected chi connectivity index (χ4v) is 4.76. The summed E-state index contributed by atoms with van der Waals surface area (Å²) >= 11 is 0. The number of nitrogens with zero attached hydrogens (tertiary/aromatic N) is 4. The summed E-state index contributed by atoms with van der Waals surface area (Å²) in [5.74, 6) is 5.56. The third-order valence-electron chi connectivity index (χ3n) is 7.00. The Labute approximate surface area is 224 Å². The van der Waals surface area contributed by atoms with Gasteiger partial charge < -0.3 is 10.6 Å². The summed E-state index contributed by atoms with van der Waals surface area (Å²) in [5, 5.41) is 0. The molecule has 2 aromatic heterocycles. The van der Waals surface area contributed by atoms with Gasteiger partial charge in [-0.15, -0.1) is 0 Å². The maximum atomic E-state index is 14.1. The molecule has 5 rings (SSSR count). The highest BCUT2D eigenvalue weighted by atomic mass is 19.4. The van der Waals surface area contributed by atoms with E-state index in [2.05, 4.69) is 26.6 Å². The predicted octanol–water partition coefficient (Wildman–Crippen LogP) is 4.19. The number of aromatic nitrogens is 2. The number of amides is 1. The van der Waals surface area contributed by atoms with E-state index in [1.54, 1.807) is 36.5 Å². The fraction of sp³-hybridized carbons (Fsp3) is 0.267. The van der Waals surface area contributed by atoms with Crippen molar-refractivity contribution >= 4 is 11.6 Å². The molecule has 0 bridgehead atoms. The van der Waals surface area contributed by atoms with E-state index < -0.39 is 17.6 Å². The molecule has 9 heteroatoms. The van der Waals surface area contributed by atoms with Crippen LogP contribution in [0.5, 0.6) is 0 Å². The van der Waals surface area contributed by atoms with E-state index >= 15 is 0 Å². The van der Waals surface area contributed by atoms with Gasteiger partial charge in [-0.05, 0) is 66.4 Å². The molecule has 1 fully saturated rings. The van der Waals surface area contributed by atoms with Crippen molar-refractivity contribution in [2.75, 3.05) is 33.2 Å². The molecule has 200 valence electrons. The molecule has 0 spiro atoms. The Hall–Kier alpha value is -4.13. The Morgan fingerprint density at radius 2 is 1.77 bits per heavy atom. The van der Waals surface area contributed by atoms with Gasteiger partial charge in [-0.2, -0.15) is 13.2 Å². The second kappa shape index (κ2) is 10.9. The first-order chi connectivity index (χ1) is 18.7. The number of nitrogens with two attached hydrogens (primary N) is 1. The van der Waals surface area contributed by atoms with E-state index in [1.807, 2.05) is 35.8 Å². The molecule has 1 aliphatic heterocycles. The normalized spacial score (nSPS) is 14.8. The largest absolute Gasteiger partial charge is 0.416 e. The van der Waals surface area contributed by atoms with Gasteiger partial charge in [0.2, 0.25) is 5.91 Å². The molecule has 3 heterocycles. The summed E-state index contributed by atoms with van der Waals surface area (Å²) in [4.78, 5) is 20.4. The fourth-order valence-electron chi connectivity index (χ4n) is 4.76. The minimum atomic E-state index is -4.47. The number of carbonyl (C=O) groups excluding carboxylic acids is 1. The number of imidazole rings is 1. The minimum Gasteiger partial charge on any atom is -0.366 e. The smallest absolute Gasteiger partial charge is 0.366 e. The van der Waals surface area contributed by atoms with E-state index in [0.29, 0.717) is 22.4 Å². The third kappa shape index (κ3) is 6.14. The minimum absolute atomic E-state index is 0.216. The van der Waals surface area contributed by atoms with Gasteiger partial charge in [0, 0.05) is 50.0 Å². The van der Waals surface area contributed by atoms with Gasteiger partial charge >= 0.3 is 6.18 Å². The Morgan fingerprint density at radius 3 is 2.51 bits per heavy atom. The SMILES string of the molecule is CN1CCN(Cc2ccc(Cc3ccc(C(N)=O)cc3C#Cc3cnc4ccccn34)cc2C(F)(F)F)CC1. The number of pyridine rings is 1. The number of hydrogen-bond donors (Lipinski definition) is 1. The van der Waals surface area contributed by atoms with Crippen molar-refractivity contribution in [3.8, 4) is 11.8 Å². The van der Waals surface area contributed by atoms with Gasteiger partial charge in [-0.3, -0.25) is 14.1 Å². The van der Waals surface area contributed by atoms with Crippen molar-refractivity contribution in [1.82, 2.24) is 19.2 Å². The Morgan fingerprint density at radius 1 is 1.00 bits per heavy atom. The molecule has 0 radical (unpaired) electrons. The second-order valence-electron chi connectivity index (χ2n) is 9.80. The maximum Gasteiger partial charge on any atom is 0.416 e. The van der Waals surface area contributed by atoms with Crippen LogP contribution in [-0.2, 0) is 19.1 Å². The number of hydrogen-bond acceptors (Lipinski definition) is 4. The number of likely N-dealkylation sites (N-methyl/N-ethyl adjacent to an activating group) is 1. The van der Waals surface area contributed by atoms with Crippen LogP contribution in [0.2, 0.25) is 0 Å². The van der Waals surface area contributed by atoms with Crippen LogP contribution < -0.4 is 5.73 Å². The zero-order chi connectivity index (χ0) is 27.6. The van der Waals surface area contributed by atoms with Gasteiger partial charge in [0.1, 0.15) is 11.3 Å². The first-order valence-electron chi connectivity index (χ1n) is 12.6. The lowest BCUT2D eigenvalue weighted by atomic mass is 9.94. The van der Waals surface area contributed by atoms with Crippen LogP contribution in [0.3, 0.4) is 0 Å². The quantitative estimate of drug-likeness (QED) is 0.393. The first kappa shape index (κ1) is 26.5. The standard InChI is InChI=1S/C30H28F3N5O/c1-36-12-14-37(15-13-36)20-25-6-5-21(17-27(25)30(31,32)33)16-22-7-8-24(29(34)39)18-23(22)9-10-26-19-35-28-4-2-3-11-38(26)28/h2-8,11,17-19H,12-16,20H2,1H3,(H2,34,39). The topological polar surface area (TPSA) is 66.9 Å². The van der Waals surface area contributed by atoms with Crippen molar-refractivity contribution < 1.29 is 18.0 Å². The van der Waals surface area contributed by atoms with Gasteiger partial charge in [0.05, 0.1) is 11.8 Å². The summed E-state index contributed by atoms with van der Waals surface area (Å²) in [6.45, 7) is 3.39. The van der Waals surface area contributed by atoms with Crippen LogP contribution in [0.15, 0.2) is 67.0 Å². The molecule has 1 aliphatic rings. The Bertz CT molecular complexity index is 1570. The molecule has 2 aromatic carbocycles. The van der Waals surface area contributed by atoms with E-state index in [1.165, 1.54) is 6.07 Å². The first-order valence-corrected chi connectivity index (χ1v) is 12.6. The van der Waals surface area contributed by atoms with E-state index in [9.17, 15) is 18.0 Å². The molecule has 0 unspecified atom stereocenters. The van der Waals surface area contributed by atoms with Crippen LogP contribution in [0.1, 0.15) is 43.9 Å². The molecule has 4 aromatic rings. The zero-order valence-electron chi connectivity index (χ0n) is 21.5. The third-order valence-corrected chi connectivity index (χ3v) is 7.00. The molecular formula is C30H28F3N5O. The Balaban J connectivity index is 1.46. The molecule has 2 N–H and O–H groups in total. The van der Waals surface area contributed by atoms with Gasteiger partial charge in [-0.1, -0.05) is 30.2 Å². The highest BCUT2D eigenvalue weighted by molar-refractivity contribution is 5.93. The Kier molecular flexibility index (Phi) is 7.42. The highest BCUT2D eigenvalue weighted by Gasteiger charge is 2.34. The summed E-state index contributed by atoms with van der Waals surface area (Å²) in [6.07, 6.45) is -0.766. The van der Waals surface area contributed by atoms with Crippen molar-refractivity contribution in [2.45, 2.75) is 19.1 Å². The zero-order valence-corrected chi connectivity index (χ0v) is 21.5. The van der Waals surface area contributed by atoms with Gasteiger partial charge in [0.15, 0.2) is 0 Å². The molecule has 39 heavy (non-hydrogen) atoms. The molecule has 1 saturated heterocycles. The van der Waals surface area contributed by atoms with Gasteiger partial charge in [0.25, 0.3) is 0 Å². The monoisotopic (exact) mass is 531 g/mol. The van der Waals surface area contributed by atoms with Crippen LogP contribution in [0.25, 0.3) is 5.65 Å². The molecule has 1 amide bonds. The number of primary amides is 1. The summed E-state index contributed by atoms with van der Waals surface area (Å²) in [6, 6.07) is 15.0. The maximum absolute atomic E-state index is 14.1. The number of rotatable bonds is 5. The summed E-state index contributed by atoms with van der Waals surface area (Å²) in [5.41, 5.74) is 8.53. The number of alkyl halides is 3.